The first-order valence-electron chi connectivity index (χ1n) is 2.20. The summed E-state index contributed by atoms with van der Waals surface area (Å²) >= 11 is 4.54. The van der Waals surface area contributed by atoms with Gasteiger partial charge in [0.2, 0.25) is 11.6 Å². The monoisotopic (exact) mass is 176 g/mol. The van der Waals surface area contributed by atoms with Gasteiger partial charge in [-0.05, 0) is 11.6 Å². The van der Waals surface area contributed by atoms with Gasteiger partial charge in [0.15, 0.2) is 0 Å². The number of hydrogen-bond acceptors (Lipinski definition) is 1. The first-order chi connectivity index (χ1) is 4.45. The Labute approximate surface area is 58.2 Å². The molecule has 0 amide bonds. The fourth-order valence-electron chi connectivity index (χ4n) is 0.465. The summed E-state index contributed by atoms with van der Waals surface area (Å²) in [6, 6.07) is 0. The van der Waals surface area contributed by atoms with E-state index in [0.29, 0.717) is 0 Å². The van der Waals surface area contributed by atoms with E-state index in [2.05, 4.69) is 16.3 Å². The van der Waals surface area contributed by atoms with Crippen LogP contribution in [0, 0.1) is 0 Å². The lowest BCUT2D eigenvalue weighted by Crippen LogP contribution is -2.34. The number of rotatable bonds is 1. The summed E-state index contributed by atoms with van der Waals surface area (Å²) in [5.74, 6) is -3.07. The molecule has 1 aliphatic heterocycles. The summed E-state index contributed by atoms with van der Waals surface area (Å²) in [5.41, 5.74) is 0. The molecule has 0 N–H and O–H groups in total. The Morgan fingerprint density at radius 1 is 1.50 bits per heavy atom. The second-order valence-electron chi connectivity index (χ2n) is 1.60. The van der Waals surface area contributed by atoms with Gasteiger partial charge >= 0.3 is 5.31 Å². The molecule has 0 aromatic rings. The van der Waals surface area contributed by atoms with Crippen LogP contribution in [-0.4, -0.2) is 11.7 Å². The highest BCUT2D eigenvalue weighted by molar-refractivity contribution is 6.24. The van der Waals surface area contributed by atoms with Crippen LogP contribution in [0.4, 0.5) is 17.6 Å². The van der Waals surface area contributed by atoms with E-state index < -0.39 is 23.3 Å². The van der Waals surface area contributed by atoms with Gasteiger partial charge in [-0.15, -0.1) is 0 Å². The van der Waals surface area contributed by atoms with Crippen molar-refractivity contribution in [3.8, 4) is 0 Å². The molecule has 6 heteroatoms. The average Bonchev–Trinajstić information content (AvgIpc) is 1.82. The zero-order chi connectivity index (χ0) is 7.94. The predicted octanol–water partition coefficient (Wildman–Crippen LogP) is 2.32. The zero-order valence-corrected chi connectivity index (χ0v) is 5.13. The molecular formula is C4HClF4O. The number of halogens is 5. The average molecular weight is 176 g/mol. The molecule has 0 bridgehead atoms. The van der Waals surface area contributed by atoms with Crippen molar-refractivity contribution >= 4 is 11.6 Å². The van der Waals surface area contributed by atoms with Crippen molar-refractivity contribution in [3.05, 3.63) is 11.6 Å². The number of allylic oxidation sites excluding steroid dienone is 1. The van der Waals surface area contributed by atoms with Crippen LogP contribution in [0.3, 0.4) is 0 Å². The van der Waals surface area contributed by atoms with E-state index in [4.69, 9.17) is 0 Å². The van der Waals surface area contributed by atoms with Crippen molar-refractivity contribution in [2.24, 2.45) is 0 Å². The van der Waals surface area contributed by atoms with E-state index in [-0.39, 0.29) is 0 Å². The highest BCUT2D eigenvalue weighted by Gasteiger charge is 2.51. The van der Waals surface area contributed by atoms with Crippen LogP contribution in [0.2, 0.25) is 0 Å². The van der Waals surface area contributed by atoms with Crippen molar-refractivity contribution in [3.63, 3.8) is 0 Å². The maximum atomic E-state index is 12.0. The normalized spacial score (nSPS) is 32.2. The summed E-state index contributed by atoms with van der Waals surface area (Å²) in [7, 11) is 0. The molecule has 1 aliphatic rings. The minimum absolute atomic E-state index is 1.32. The topological polar surface area (TPSA) is 9.23 Å². The van der Waals surface area contributed by atoms with Gasteiger partial charge in [-0.1, -0.05) is 0 Å². The molecule has 1 nitrogen and oxygen atoms in total. The fourth-order valence-corrected chi connectivity index (χ4v) is 0.641. The highest BCUT2D eigenvalue weighted by Crippen LogP contribution is 2.45. The molecule has 1 unspecified atom stereocenters. The maximum Gasteiger partial charge on any atom is 0.384 e. The van der Waals surface area contributed by atoms with Crippen LogP contribution in [-0.2, 0) is 4.74 Å². The molecule has 0 spiro atoms. The van der Waals surface area contributed by atoms with Gasteiger partial charge in [-0.3, -0.25) is 0 Å². The molecule has 10 heavy (non-hydrogen) atoms. The van der Waals surface area contributed by atoms with Gasteiger partial charge in [-0.2, -0.15) is 8.78 Å². The number of ether oxygens (including phenoxy) is 1. The Morgan fingerprint density at radius 2 is 2.00 bits per heavy atom. The van der Waals surface area contributed by atoms with Crippen molar-refractivity contribution in [2.45, 2.75) is 11.7 Å². The van der Waals surface area contributed by atoms with Crippen molar-refractivity contribution in [1.82, 2.24) is 0 Å². The number of alkyl halides is 4. The lowest BCUT2D eigenvalue weighted by atomic mass is 10.3. The molecule has 58 valence electrons. The van der Waals surface area contributed by atoms with Crippen molar-refractivity contribution in [2.75, 3.05) is 0 Å². The highest BCUT2D eigenvalue weighted by atomic mass is 35.5. The third-order valence-electron chi connectivity index (χ3n) is 0.908. The molecule has 0 radical (unpaired) electrons. The van der Waals surface area contributed by atoms with Gasteiger partial charge < -0.3 is 4.74 Å². The maximum absolute atomic E-state index is 12.0. The van der Waals surface area contributed by atoms with E-state index in [1.807, 2.05) is 0 Å². The van der Waals surface area contributed by atoms with E-state index in [1.54, 1.807) is 0 Å². The van der Waals surface area contributed by atoms with E-state index >= 15 is 0 Å². The zero-order valence-electron chi connectivity index (χ0n) is 4.38. The third-order valence-corrected chi connectivity index (χ3v) is 1.15. The van der Waals surface area contributed by atoms with Crippen LogP contribution in [0.1, 0.15) is 0 Å². The molecule has 1 atom stereocenters. The van der Waals surface area contributed by atoms with Crippen molar-refractivity contribution < 1.29 is 22.3 Å². The van der Waals surface area contributed by atoms with Gasteiger partial charge in [0.25, 0.3) is 6.43 Å². The molecule has 1 heterocycles. The standard InChI is InChI=1S/C4HClF4O/c5-4(9)2(6)1(10-4)3(7)8/h3H. The molecule has 0 aliphatic carbocycles. The van der Waals surface area contributed by atoms with Gasteiger partial charge in [-0.25, -0.2) is 8.78 Å². The molecule has 0 fully saturated rings. The molecular weight excluding hydrogens is 175 g/mol. The molecule has 0 saturated heterocycles. The summed E-state index contributed by atoms with van der Waals surface area (Å²) in [6.07, 6.45) is -3.15. The molecule has 0 aromatic heterocycles. The van der Waals surface area contributed by atoms with Crippen LogP contribution in [0.5, 0.6) is 0 Å². The Balaban J connectivity index is 2.78. The van der Waals surface area contributed by atoms with E-state index in [9.17, 15) is 17.6 Å². The Kier molecular flexibility index (Phi) is 1.54. The fraction of sp³-hybridized carbons (Fsp3) is 0.500. The van der Waals surface area contributed by atoms with Crippen LogP contribution in [0.15, 0.2) is 11.6 Å². The summed E-state index contributed by atoms with van der Waals surface area (Å²) in [5, 5.41) is -3.16. The third kappa shape index (κ3) is 0.941. The van der Waals surface area contributed by atoms with Crippen LogP contribution >= 0.6 is 11.6 Å². The molecule has 0 saturated carbocycles. The SMILES string of the molecule is FC1=C(C(F)F)OC1(F)Cl. The lowest BCUT2D eigenvalue weighted by Gasteiger charge is -2.28. The smallest absolute Gasteiger partial charge is 0.384 e. The second kappa shape index (κ2) is 2.02. The minimum atomic E-state index is -3.16. The predicted molar refractivity (Wildman–Crippen MR) is 24.9 cm³/mol. The van der Waals surface area contributed by atoms with Gasteiger partial charge in [0.05, 0.1) is 0 Å². The summed E-state index contributed by atoms with van der Waals surface area (Å²) in [6.45, 7) is 0. The largest absolute Gasteiger partial charge is 0.435 e. The van der Waals surface area contributed by atoms with E-state index in [1.165, 1.54) is 0 Å². The summed E-state index contributed by atoms with van der Waals surface area (Å²) in [4.78, 5) is 0. The minimum Gasteiger partial charge on any atom is -0.435 e. The van der Waals surface area contributed by atoms with Crippen LogP contribution in [0.25, 0.3) is 0 Å². The Hall–Kier alpha value is -0.450. The Bertz CT molecular complexity index is 188. The lowest BCUT2D eigenvalue weighted by molar-refractivity contribution is -0.111. The molecule has 0 aromatic carbocycles. The first kappa shape index (κ1) is 7.65. The van der Waals surface area contributed by atoms with Gasteiger partial charge in [0, 0.05) is 0 Å². The Morgan fingerprint density at radius 3 is 2.10 bits per heavy atom. The van der Waals surface area contributed by atoms with Gasteiger partial charge in [0.1, 0.15) is 0 Å². The van der Waals surface area contributed by atoms with Crippen molar-refractivity contribution in [1.29, 1.82) is 0 Å². The first-order valence-corrected chi connectivity index (χ1v) is 2.58. The quantitative estimate of drug-likeness (QED) is 0.440. The number of hydrogen-bond donors (Lipinski definition) is 0. The molecule has 1 rings (SSSR count). The second-order valence-corrected chi connectivity index (χ2v) is 2.08. The van der Waals surface area contributed by atoms with Crippen LogP contribution < -0.4 is 0 Å². The summed E-state index contributed by atoms with van der Waals surface area (Å²) < 4.78 is 50.4. The van der Waals surface area contributed by atoms with E-state index in [0.717, 1.165) is 0 Å².